The molecular weight excluding hydrogens is 460 g/mol. The van der Waals surface area contributed by atoms with E-state index in [0.717, 1.165) is 19.1 Å². The van der Waals surface area contributed by atoms with E-state index in [1.165, 1.54) is 0 Å². The van der Waals surface area contributed by atoms with Crippen molar-refractivity contribution >= 4 is 30.0 Å². The van der Waals surface area contributed by atoms with Crippen molar-refractivity contribution in [2.24, 2.45) is 0 Å². The second-order valence-corrected chi connectivity index (χ2v) is 8.56. The van der Waals surface area contributed by atoms with Gasteiger partial charge in [-0.3, -0.25) is 38.8 Å². The topological polar surface area (TPSA) is 163 Å². The maximum atomic E-state index is 12.5. The fourth-order valence-electron chi connectivity index (χ4n) is 3.63. The summed E-state index contributed by atoms with van der Waals surface area (Å²) >= 11 is 0. The third kappa shape index (κ3) is 15.1. The summed E-state index contributed by atoms with van der Waals surface area (Å²) in [5, 5.41) is 23.8. The summed E-state index contributed by atoms with van der Waals surface area (Å²) in [6.45, 7) is 5.59. The Kier molecular flexibility index (Phi) is 15.4. The molecule has 0 unspecified atom stereocenters. The van der Waals surface area contributed by atoms with E-state index in [4.69, 9.17) is 0 Å². The van der Waals surface area contributed by atoms with E-state index in [0.29, 0.717) is 58.9 Å². The van der Waals surface area contributed by atoms with Crippen LogP contribution in [0.4, 0.5) is 0 Å². The maximum Gasteiger partial charge on any atom is 0.317 e. The minimum atomic E-state index is -0.989. The average Bonchev–Trinajstić information content (AvgIpc) is 2.79. The Bertz CT molecular complexity index is 693. The number of carbonyl (C=O) groups excluding carboxylic acids is 3. The smallest absolute Gasteiger partial charge is 0.317 e. The molecular formula is C22H40N6O7. The number of aldehydes is 1. The van der Waals surface area contributed by atoms with Gasteiger partial charge in [-0.2, -0.15) is 0 Å². The number of carbonyl (C=O) groups is 5. The molecule has 0 aliphatic carbocycles. The zero-order valence-electron chi connectivity index (χ0n) is 20.6. The van der Waals surface area contributed by atoms with Crippen LogP contribution in [0.2, 0.25) is 0 Å². The monoisotopic (exact) mass is 500 g/mol. The van der Waals surface area contributed by atoms with Crippen molar-refractivity contribution in [1.82, 2.24) is 30.2 Å². The molecule has 1 saturated heterocycles. The fourth-order valence-corrected chi connectivity index (χ4v) is 3.63. The van der Waals surface area contributed by atoms with E-state index in [1.807, 2.05) is 16.7 Å². The van der Waals surface area contributed by atoms with E-state index in [1.54, 1.807) is 9.80 Å². The highest BCUT2D eigenvalue weighted by Crippen LogP contribution is 2.01. The third-order valence-corrected chi connectivity index (χ3v) is 5.65. The molecule has 200 valence electrons. The lowest BCUT2D eigenvalue weighted by atomic mass is 10.3. The number of nitrogens with one attached hydrogen (secondary N) is 2. The van der Waals surface area contributed by atoms with Gasteiger partial charge in [-0.15, -0.1) is 0 Å². The highest BCUT2D eigenvalue weighted by atomic mass is 16.4. The van der Waals surface area contributed by atoms with Crippen molar-refractivity contribution in [1.29, 1.82) is 0 Å². The second kappa shape index (κ2) is 17.8. The van der Waals surface area contributed by atoms with Crippen LogP contribution in [0.15, 0.2) is 0 Å². The van der Waals surface area contributed by atoms with E-state index in [-0.39, 0.29) is 44.5 Å². The first kappa shape index (κ1) is 30.4. The number of hydrogen-bond acceptors (Lipinski definition) is 9. The van der Waals surface area contributed by atoms with Gasteiger partial charge in [-0.05, 0) is 6.42 Å². The molecule has 2 amide bonds. The molecule has 1 aliphatic rings. The quantitative estimate of drug-likeness (QED) is 0.158. The van der Waals surface area contributed by atoms with Crippen molar-refractivity contribution in [2.45, 2.75) is 19.8 Å². The molecule has 0 aromatic heterocycles. The Hall–Kier alpha value is -2.61. The zero-order valence-corrected chi connectivity index (χ0v) is 20.6. The Labute approximate surface area is 206 Å². The van der Waals surface area contributed by atoms with Gasteiger partial charge in [0.1, 0.15) is 6.29 Å². The predicted octanol–water partition coefficient (Wildman–Crippen LogP) is -2.39. The van der Waals surface area contributed by atoms with Gasteiger partial charge >= 0.3 is 11.9 Å². The summed E-state index contributed by atoms with van der Waals surface area (Å²) in [6.07, 6.45) is 2.61. The second-order valence-electron chi connectivity index (χ2n) is 8.56. The molecule has 0 spiro atoms. The number of rotatable bonds is 13. The van der Waals surface area contributed by atoms with E-state index in [9.17, 15) is 34.2 Å². The third-order valence-electron chi connectivity index (χ3n) is 5.65. The van der Waals surface area contributed by atoms with E-state index in [2.05, 4.69) is 10.6 Å². The molecule has 0 saturated carbocycles. The Balaban J connectivity index is 2.78. The summed E-state index contributed by atoms with van der Waals surface area (Å²) in [7, 11) is 0. The minimum Gasteiger partial charge on any atom is -0.480 e. The Morgan fingerprint density at radius 3 is 1.60 bits per heavy atom. The molecule has 0 bridgehead atoms. The van der Waals surface area contributed by atoms with Gasteiger partial charge in [-0.1, -0.05) is 13.3 Å². The van der Waals surface area contributed by atoms with Crippen LogP contribution >= 0.6 is 0 Å². The highest BCUT2D eigenvalue weighted by molar-refractivity contribution is 5.85. The lowest BCUT2D eigenvalue weighted by Gasteiger charge is -2.32. The molecule has 35 heavy (non-hydrogen) atoms. The minimum absolute atomic E-state index is 0.0310. The SMILES string of the molecule is CCCCNC(=O)CNC(=O)CN1CCN(CC=O)CCN(CC(=O)O)CCN(CC(=O)O)CC1. The summed E-state index contributed by atoms with van der Waals surface area (Å²) in [6, 6.07) is 0. The standard InChI is InChI=1S/C22H40N6O7/c1-2-3-4-23-19(30)15-24-20(31)16-26-7-5-25(13-14-29)6-8-27(17-21(32)33)11-12-28(10-9-26)18-22(34)35/h14H,2-13,15-18H2,1H3,(H,23,30)(H,24,31)(H,32,33)(H,34,35). The number of amides is 2. The molecule has 1 aliphatic heterocycles. The Morgan fingerprint density at radius 2 is 1.17 bits per heavy atom. The molecule has 1 heterocycles. The average molecular weight is 501 g/mol. The first-order valence-electron chi connectivity index (χ1n) is 12.0. The first-order valence-corrected chi connectivity index (χ1v) is 12.0. The normalized spacial score (nSPS) is 17.6. The van der Waals surface area contributed by atoms with Gasteiger partial charge < -0.3 is 25.6 Å². The lowest BCUT2D eigenvalue weighted by molar-refractivity contribution is -0.140. The number of unbranched alkanes of at least 4 members (excludes halogenated alkanes) is 1. The summed E-state index contributed by atoms with van der Waals surface area (Å²) in [5.41, 5.74) is 0. The molecule has 0 atom stereocenters. The van der Waals surface area contributed by atoms with Gasteiger partial charge in [0.15, 0.2) is 0 Å². The van der Waals surface area contributed by atoms with Crippen LogP contribution in [0.1, 0.15) is 19.8 Å². The van der Waals surface area contributed by atoms with Gasteiger partial charge in [0.25, 0.3) is 0 Å². The fraction of sp³-hybridized carbons (Fsp3) is 0.773. The van der Waals surface area contributed by atoms with Crippen LogP contribution in [0.3, 0.4) is 0 Å². The molecule has 4 N–H and O–H groups in total. The molecule has 13 heteroatoms. The van der Waals surface area contributed by atoms with Crippen LogP contribution in [-0.2, 0) is 24.0 Å². The summed E-state index contributed by atoms with van der Waals surface area (Å²) < 4.78 is 0. The van der Waals surface area contributed by atoms with Crippen molar-refractivity contribution in [3.8, 4) is 0 Å². The molecule has 1 rings (SSSR count). The molecule has 0 aromatic carbocycles. The summed E-state index contributed by atoms with van der Waals surface area (Å²) in [5.74, 6) is -2.53. The van der Waals surface area contributed by atoms with E-state index < -0.39 is 11.9 Å². The number of aliphatic carboxylic acids is 2. The van der Waals surface area contributed by atoms with Crippen LogP contribution in [0, 0.1) is 0 Å². The molecule has 0 aromatic rings. The van der Waals surface area contributed by atoms with Crippen molar-refractivity contribution in [2.75, 3.05) is 91.6 Å². The van der Waals surface area contributed by atoms with Gasteiger partial charge in [0.05, 0.1) is 32.7 Å². The van der Waals surface area contributed by atoms with Gasteiger partial charge in [0.2, 0.25) is 11.8 Å². The summed E-state index contributed by atoms with van der Waals surface area (Å²) in [4.78, 5) is 65.2. The number of carboxylic acids is 2. The van der Waals surface area contributed by atoms with Gasteiger partial charge in [0, 0.05) is 58.9 Å². The van der Waals surface area contributed by atoms with E-state index >= 15 is 0 Å². The largest absolute Gasteiger partial charge is 0.480 e. The first-order chi connectivity index (χ1) is 16.7. The highest BCUT2D eigenvalue weighted by Gasteiger charge is 2.20. The van der Waals surface area contributed by atoms with Crippen molar-refractivity contribution in [3.05, 3.63) is 0 Å². The number of nitrogens with zero attached hydrogens (tertiary/aromatic N) is 4. The van der Waals surface area contributed by atoms with Crippen molar-refractivity contribution < 1.29 is 34.2 Å². The number of carboxylic acid groups (broad SMARTS) is 2. The van der Waals surface area contributed by atoms with Crippen LogP contribution in [-0.4, -0.2) is 151 Å². The maximum absolute atomic E-state index is 12.5. The predicted molar refractivity (Wildman–Crippen MR) is 128 cm³/mol. The molecule has 1 fully saturated rings. The van der Waals surface area contributed by atoms with Gasteiger partial charge in [-0.25, -0.2) is 0 Å². The molecule has 13 nitrogen and oxygen atoms in total. The van der Waals surface area contributed by atoms with Crippen LogP contribution in [0.5, 0.6) is 0 Å². The molecule has 0 radical (unpaired) electrons. The lowest BCUT2D eigenvalue weighted by Crippen LogP contribution is -2.50. The van der Waals surface area contributed by atoms with Crippen molar-refractivity contribution in [3.63, 3.8) is 0 Å². The zero-order chi connectivity index (χ0) is 26.1. The van der Waals surface area contributed by atoms with Crippen LogP contribution in [0.25, 0.3) is 0 Å². The number of hydrogen-bond donors (Lipinski definition) is 4. The Morgan fingerprint density at radius 1 is 0.714 bits per heavy atom. The van der Waals surface area contributed by atoms with Crippen LogP contribution < -0.4 is 10.6 Å².